The zero-order chi connectivity index (χ0) is 19.2. The highest BCUT2D eigenvalue weighted by atomic mass is 16.5. The minimum absolute atomic E-state index is 0.00342. The summed E-state index contributed by atoms with van der Waals surface area (Å²) in [5.41, 5.74) is 2.61. The Morgan fingerprint density at radius 2 is 1.81 bits per heavy atom. The fraction of sp³-hybridized carbons (Fsp3) is 0.273. The second-order valence-corrected chi connectivity index (χ2v) is 6.50. The van der Waals surface area contributed by atoms with Gasteiger partial charge in [-0.15, -0.1) is 0 Å². The normalized spacial score (nSPS) is 16.5. The number of amides is 2. The van der Waals surface area contributed by atoms with Crippen molar-refractivity contribution in [3.05, 3.63) is 71.3 Å². The smallest absolute Gasteiger partial charge is 0.251 e. The zero-order valence-corrected chi connectivity index (χ0v) is 15.6. The first-order valence-electron chi connectivity index (χ1n) is 9.07. The van der Waals surface area contributed by atoms with Gasteiger partial charge in [-0.1, -0.05) is 24.3 Å². The molecule has 2 aromatic rings. The summed E-state index contributed by atoms with van der Waals surface area (Å²) in [6.45, 7) is 0.759. The van der Waals surface area contributed by atoms with E-state index in [0.717, 1.165) is 36.3 Å². The highest BCUT2D eigenvalue weighted by molar-refractivity contribution is 5.95. The molecular weight excluding hydrogens is 340 g/mol. The fourth-order valence-electron chi connectivity index (χ4n) is 3.36. The first-order valence-corrected chi connectivity index (χ1v) is 9.07. The average Bonchev–Trinajstić information content (AvgIpc) is 3.22. The topological polar surface area (TPSA) is 58.6 Å². The molecule has 1 aliphatic rings. The summed E-state index contributed by atoms with van der Waals surface area (Å²) in [6, 6.07) is 15.2. The Labute approximate surface area is 159 Å². The van der Waals surface area contributed by atoms with Crippen LogP contribution in [0.2, 0.25) is 0 Å². The lowest BCUT2D eigenvalue weighted by Crippen LogP contribution is -2.28. The monoisotopic (exact) mass is 364 g/mol. The standard InChI is InChI=1S/C22H24N2O3/c1-23-22(26)18-8-5-16(6-9-18)7-14-21(25)24-15-3-4-20(24)17-10-12-19(27-2)13-11-17/h5-14,20H,3-4,15H2,1-2H3,(H,23,26)/b14-7+. The van der Waals surface area contributed by atoms with Gasteiger partial charge in [-0.25, -0.2) is 0 Å². The van der Waals surface area contributed by atoms with E-state index < -0.39 is 0 Å². The molecule has 0 bridgehead atoms. The summed E-state index contributed by atoms with van der Waals surface area (Å²) in [7, 11) is 3.25. The van der Waals surface area contributed by atoms with Gasteiger partial charge < -0.3 is 15.0 Å². The van der Waals surface area contributed by atoms with E-state index in [2.05, 4.69) is 5.32 Å². The minimum Gasteiger partial charge on any atom is -0.497 e. The van der Waals surface area contributed by atoms with Crippen LogP contribution in [0.5, 0.6) is 5.75 Å². The molecule has 1 N–H and O–H groups in total. The molecule has 27 heavy (non-hydrogen) atoms. The molecule has 0 radical (unpaired) electrons. The molecule has 0 spiro atoms. The van der Waals surface area contributed by atoms with Crippen LogP contribution in [0.15, 0.2) is 54.6 Å². The summed E-state index contributed by atoms with van der Waals surface area (Å²) >= 11 is 0. The van der Waals surface area contributed by atoms with Gasteiger partial charge in [0.1, 0.15) is 5.75 Å². The summed E-state index contributed by atoms with van der Waals surface area (Å²) in [5, 5.41) is 2.59. The number of hydrogen-bond donors (Lipinski definition) is 1. The highest BCUT2D eigenvalue weighted by Crippen LogP contribution is 2.33. The number of nitrogens with one attached hydrogen (secondary N) is 1. The molecule has 1 fully saturated rings. The second-order valence-electron chi connectivity index (χ2n) is 6.50. The highest BCUT2D eigenvalue weighted by Gasteiger charge is 2.28. The van der Waals surface area contributed by atoms with Crippen LogP contribution in [0.25, 0.3) is 6.08 Å². The fourth-order valence-corrected chi connectivity index (χ4v) is 3.36. The number of carbonyl (C=O) groups excluding carboxylic acids is 2. The van der Waals surface area contributed by atoms with Crippen LogP contribution in [-0.4, -0.2) is 37.4 Å². The molecule has 2 amide bonds. The number of rotatable bonds is 5. The molecule has 0 aliphatic carbocycles. The van der Waals surface area contributed by atoms with Crippen LogP contribution >= 0.6 is 0 Å². The van der Waals surface area contributed by atoms with Gasteiger partial charge in [0.25, 0.3) is 5.91 Å². The molecule has 5 heteroatoms. The molecule has 0 saturated carbocycles. The maximum absolute atomic E-state index is 12.7. The molecule has 1 aliphatic heterocycles. The van der Waals surface area contributed by atoms with Crippen molar-refractivity contribution >= 4 is 17.9 Å². The van der Waals surface area contributed by atoms with Gasteiger partial charge in [-0.05, 0) is 54.3 Å². The molecule has 1 saturated heterocycles. The first kappa shape index (κ1) is 18.7. The quantitative estimate of drug-likeness (QED) is 0.827. The van der Waals surface area contributed by atoms with E-state index in [-0.39, 0.29) is 17.9 Å². The number of carbonyl (C=O) groups is 2. The summed E-state index contributed by atoms with van der Waals surface area (Å²) in [4.78, 5) is 26.2. The molecule has 3 rings (SSSR count). The van der Waals surface area contributed by atoms with Gasteiger partial charge in [-0.3, -0.25) is 9.59 Å². The molecule has 5 nitrogen and oxygen atoms in total. The van der Waals surface area contributed by atoms with Gasteiger partial charge in [0.15, 0.2) is 0 Å². The molecule has 1 atom stereocenters. The van der Waals surface area contributed by atoms with Crippen LogP contribution in [0.4, 0.5) is 0 Å². The molecular formula is C22H24N2O3. The number of likely N-dealkylation sites (tertiary alicyclic amines) is 1. The Morgan fingerprint density at radius 3 is 2.44 bits per heavy atom. The number of benzene rings is 2. The van der Waals surface area contributed by atoms with Crippen molar-refractivity contribution in [2.45, 2.75) is 18.9 Å². The van der Waals surface area contributed by atoms with E-state index in [4.69, 9.17) is 4.74 Å². The molecule has 2 aromatic carbocycles. The van der Waals surface area contributed by atoms with E-state index in [1.54, 1.807) is 38.4 Å². The van der Waals surface area contributed by atoms with Crippen LogP contribution in [0, 0.1) is 0 Å². The molecule has 140 valence electrons. The van der Waals surface area contributed by atoms with Gasteiger partial charge in [0.2, 0.25) is 5.91 Å². The van der Waals surface area contributed by atoms with Gasteiger partial charge in [-0.2, -0.15) is 0 Å². The molecule has 1 heterocycles. The number of ether oxygens (including phenoxy) is 1. The van der Waals surface area contributed by atoms with Crippen molar-refractivity contribution in [1.82, 2.24) is 10.2 Å². The molecule has 0 aromatic heterocycles. The number of hydrogen-bond acceptors (Lipinski definition) is 3. The predicted molar refractivity (Wildman–Crippen MR) is 106 cm³/mol. The average molecular weight is 364 g/mol. The van der Waals surface area contributed by atoms with E-state index in [1.165, 1.54) is 0 Å². The lowest BCUT2D eigenvalue weighted by Gasteiger charge is -2.24. The third kappa shape index (κ3) is 4.37. The van der Waals surface area contributed by atoms with E-state index in [1.807, 2.05) is 41.3 Å². The summed E-state index contributed by atoms with van der Waals surface area (Å²) in [6.07, 6.45) is 5.36. The Hall–Kier alpha value is -3.08. The zero-order valence-electron chi connectivity index (χ0n) is 15.6. The van der Waals surface area contributed by atoms with Crippen LogP contribution in [-0.2, 0) is 4.79 Å². The summed E-state index contributed by atoms with van der Waals surface area (Å²) < 4.78 is 5.21. The largest absolute Gasteiger partial charge is 0.497 e. The van der Waals surface area contributed by atoms with Crippen molar-refractivity contribution in [3.8, 4) is 5.75 Å². The third-order valence-electron chi connectivity index (χ3n) is 4.85. The Morgan fingerprint density at radius 1 is 1.11 bits per heavy atom. The summed E-state index contributed by atoms with van der Waals surface area (Å²) in [5.74, 6) is 0.694. The minimum atomic E-state index is -0.124. The van der Waals surface area contributed by atoms with Crippen LogP contribution in [0.1, 0.15) is 40.4 Å². The Kier molecular flexibility index (Phi) is 5.91. The van der Waals surface area contributed by atoms with Gasteiger partial charge in [0, 0.05) is 25.2 Å². The first-order chi connectivity index (χ1) is 13.1. The van der Waals surface area contributed by atoms with Crippen molar-refractivity contribution in [1.29, 1.82) is 0 Å². The third-order valence-corrected chi connectivity index (χ3v) is 4.85. The number of nitrogens with zero attached hydrogens (tertiary/aromatic N) is 1. The SMILES string of the molecule is CNC(=O)c1ccc(/C=C/C(=O)N2CCCC2c2ccc(OC)cc2)cc1. The van der Waals surface area contributed by atoms with Crippen molar-refractivity contribution < 1.29 is 14.3 Å². The van der Waals surface area contributed by atoms with Crippen molar-refractivity contribution in [2.24, 2.45) is 0 Å². The van der Waals surface area contributed by atoms with Crippen molar-refractivity contribution in [2.75, 3.05) is 20.7 Å². The second kappa shape index (κ2) is 8.54. The van der Waals surface area contributed by atoms with E-state index >= 15 is 0 Å². The van der Waals surface area contributed by atoms with Crippen LogP contribution < -0.4 is 10.1 Å². The predicted octanol–water partition coefficient (Wildman–Crippen LogP) is 3.43. The number of methoxy groups -OCH3 is 1. The Balaban J connectivity index is 1.68. The Bertz CT molecular complexity index is 826. The van der Waals surface area contributed by atoms with Crippen LogP contribution in [0.3, 0.4) is 0 Å². The van der Waals surface area contributed by atoms with E-state index in [0.29, 0.717) is 5.56 Å². The van der Waals surface area contributed by atoms with Gasteiger partial charge >= 0.3 is 0 Å². The lowest BCUT2D eigenvalue weighted by atomic mass is 10.0. The van der Waals surface area contributed by atoms with Gasteiger partial charge in [0.05, 0.1) is 13.2 Å². The molecule has 1 unspecified atom stereocenters. The van der Waals surface area contributed by atoms with Crippen molar-refractivity contribution in [3.63, 3.8) is 0 Å². The van der Waals surface area contributed by atoms with E-state index in [9.17, 15) is 9.59 Å². The maximum atomic E-state index is 12.7. The lowest BCUT2D eigenvalue weighted by molar-refractivity contribution is -0.126. The maximum Gasteiger partial charge on any atom is 0.251 e.